The molecule has 1 rings (SSSR count). The molecule has 0 radical (unpaired) electrons. The highest BCUT2D eigenvalue weighted by Gasteiger charge is 2.38. The zero-order chi connectivity index (χ0) is 12.2. The highest BCUT2D eigenvalue weighted by Crippen LogP contribution is 2.45. The van der Waals surface area contributed by atoms with E-state index in [1.165, 1.54) is 44.9 Å². The van der Waals surface area contributed by atoms with E-state index < -0.39 is 0 Å². The van der Waals surface area contributed by atoms with Crippen LogP contribution in [0.25, 0.3) is 0 Å². The second-order valence-corrected chi connectivity index (χ2v) is 6.86. The summed E-state index contributed by atoms with van der Waals surface area (Å²) in [7, 11) is 2.16. The predicted molar refractivity (Wildman–Crippen MR) is 72.7 cm³/mol. The van der Waals surface area contributed by atoms with E-state index in [-0.39, 0.29) is 0 Å². The molecule has 1 nitrogen and oxygen atoms in total. The zero-order valence-electron chi connectivity index (χ0n) is 12.0. The summed E-state index contributed by atoms with van der Waals surface area (Å²) in [6.45, 7) is 9.44. The van der Waals surface area contributed by atoms with E-state index >= 15 is 0 Å². The summed E-state index contributed by atoms with van der Waals surface area (Å²) in [5, 5.41) is 3.61. The average molecular weight is 225 g/mol. The molecule has 1 aliphatic rings. The van der Waals surface area contributed by atoms with Crippen LogP contribution in [0, 0.1) is 10.8 Å². The SMILES string of the molecule is CCC1(C(CCC(C)(C)C)NC)CCCC1. The van der Waals surface area contributed by atoms with Crippen molar-refractivity contribution in [1.82, 2.24) is 5.32 Å². The monoisotopic (exact) mass is 225 g/mol. The van der Waals surface area contributed by atoms with E-state index in [1.807, 2.05) is 0 Å². The lowest BCUT2D eigenvalue weighted by molar-refractivity contribution is 0.168. The molecule has 0 heterocycles. The van der Waals surface area contributed by atoms with Gasteiger partial charge in [0.25, 0.3) is 0 Å². The molecule has 1 atom stereocenters. The van der Waals surface area contributed by atoms with E-state index in [1.54, 1.807) is 0 Å². The fourth-order valence-corrected chi connectivity index (χ4v) is 3.36. The Morgan fingerprint density at radius 2 is 1.75 bits per heavy atom. The van der Waals surface area contributed by atoms with Gasteiger partial charge in [-0.25, -0.2) is 0 Å². The molecular weight excluding hydrogens is 194 g/mol. The van der Waals surface area contributed by atoms with Gasteiger partial charge in [-0.05, 0) is 50.0 Å². The molecule has 0 saturated heterocycles. The van der Waals surface area contributed by atoms with Crippen molar-refractivity contribution < 1.29 is 0 Å². The molecule has 0 amide bonds. The van der Waals surface area contributed by atoms with Crippen molar-refractivity contribution in [1.29, 1.82) is 0 Å². The van der Waals surface area contributed by atoms with E-state index in [0.29, 0.717) is 10.8 Å². The van der Waals surface area contributed by atoms with Crippen molar-refractivity contribution in [2.75, 3.05) is 7.05 Å². The van der Waals surface area contributed by atoms with Crippen molar-refractivity contribution in [3.63, 3.8) is 0 Å². The van der Waals surface area contributed by atoms with Gasteiger partial charge in [-0.3, -0.25) is 0 Å². The van der Waals surface area contributed by atoms with Crippen molar-refractivity contribution >= 4 is 0 Å². The standard InChI is InChI=1S/C15H31N/c1-6-15(10-7-8-11-15)13(16-5)9-12-14(2,3)4/h13,16H,6-12H2,1-5H3. The smallest absolute Gasteiger partial charge is 0.0121 e. The van der Waals surface area contributed by atoms with Crippen LogP contribution in [0.3, 0.4) is 0 Å². The first-order valence-corrected chi connectivity index (χ1v) is 7.11. The molecule has 1 saturated carbocycles. The molecule has 16 heavy (non-hydrogen) atoms. The first-order chi connectivity index (χ1) is 7.43. The van der Waals surface area contributed by atoms with E-state index in [2.05, 4.69) is 40.1 Å². The Balaban J connectivity index is 2.58. The van der Waals surface area contributed by atoms with Crippen LogP contribution in [0.1, 0.15) is 72.6 Å². The third kappa shape index (κ3) is 3.48. The van der Waals surface area contributed by atoms with Gasteiger partial charge in [0.1, 0.15) is 0 Å². The molecule has 1 unspecified atom stereocenters. The van der Waals surface area contributed by atoms with Crippen LogP contribution < -0.4 is 5.32 Å². The zero-order valence-corrected chi connectivity index (χ0v) is 12.0. The Labute approximate surface area is 102 Å². The normalized spacial score (nSPS) is 22.3. The minimum atomic E-state index is 0.475. The molecule has 1 N–H and O–H groups in total. The fourth-order valence-electron chi connectivity index (χ4n) is 3.36. The highest BCUT2D eigenvalue weighted by molar-refractivity contribution is 4.93. The van der Waals surface area contributed by atoms with Gasteiger partial charge < -0.3 is 5.32 Å². The number of hydrogen-bond acceptors (Lipinski definition) is 1. The van der Waals surface area contributed by atoms with Gasteiger partial charge in [-0.15, -0.1) is 0 Å². The number of nitrogens with one attached hydrogen (secondary N) is 1. The Morgan fingerprint density at radius 1 is 1.19 bits per heavy atom. The lowest BCUT2D eigenvalue weighted by Crippen LogP contribution is -2.42. The molecule has 0 aromatic carbocycles. The van der Waals surface area contributed by atoms with Crippen molar-refractivity contribution in [3.05, 3.63) is 0 Å². The van der Waals surface area contributed by atoms with Gasteiger partial charge in [0.15, 0.2) is 0 Å². The quantitative estimate of drug-likeness (QED) is 0.732. The van der Waals surface area contributed by atoms with Crippen molar-refractivity contribution in [3.8, 4) is 0 Å². The van der Waals surface area contributed by atoms with Gasteiger partial charge in [0.2, 0.25) is 0 Å². The highest BCUT2D eigenvalue weighted by atomic mass is 14.9. The van der Waals surface area contributed by atoms with Gasteiger partial charge in [0, 0.05) is 6.04 Å². The van der Waals surface area contributed by atoms with E-state index in [0.717, 1.165) is 6.04 Å². The first-order valence-electron chi connectivity index (χ1n) is 7.11. The van der Waals surface area contributed by atoms with E-state index in [4.69, 9.17) is 0 Å². The lowest BCUT2D eigenvalue weighted by Gasteiger charge is -2.38. The molecule has 1 heteroatoms. The molecule has 0 spiro atoms. The second kappa shape index (κ2) is 5.53. The fraction of sp³-hybridized carbons (Fsp3) is 1.00. The van der Waals surface area contributed by atoms with Gasteiger partial charge >= 0.3 is 0 Å². The lowest BCUT2D eigenvalue weighted by atomic mass is 9.73. The van der Waals surface area contributed by atoms with Crippen LogP contribution in [0.2, 0.25) is 0 Å². The molecule has 0 aromatic rings. The van der Waals surface area contributed by atoms with Crippen molar-refractivity contribution in [2.24, 2.45) is 10.8 Å². The Kier molecular flexibility index (Phi) is 4.85. The summed E-state index contributed by atoms with van der Waals surface area (Å²) < 4.78 is 0. The number of hydrogen-bond donors (Lipinski definition) is 1. The molecular formula is C15H31N. The molecule has 0 aromatic heterocycles. The third-order valence-electron chi connectivity index (χ3n) is 4.57. The van der Waals surface area contributed by atoms with Gasteiger partial charge in [-0.2, -0.15) is 0 Å². The third-order valence-corrected chi connectivity index (χ3v) is 4.57. The minimum Gasteiger partial charge on any atom is -0.316 e. The van der Waals surface area contributed by atoms with Crippen LogP contribution in [0.5, 0.6) is 0 Å². The Bertz CT molecular complexity index is 196. The maximum atomic E-state index is 3.61. The molecule has 96 valence electrons. The summed E-state index contributed by atoms with van der Waals surface area (Å²) in [5.41, 5.74) is 1.09. The molecule has 0 bridgehead atoms. The van der Waals surface area contributed by atoms with Gasteiger partial charge in [0.05, 0.1) is 0 Å². The summed E-state index contributed by atoms with van der Waals surface area (Å²) >= 11 is 0. The first kappa shape index (κ1) is 14.0. The summed E-state index contributed by atoms with van der Waals surface area (Å²) in [4.78, 5) is 0. The topological polar surface area (TPSA) is 12.0 Å². The minimum absolute atomic E-state index is 0.475. The van der Waals surface area contributed by atoms with Gasteiger partial charge in [-0.1, -0.05) is 40.5 Å². The maximum absolute atomic E-state index is 3.61. The summed E-state index contributed by atoms with van der Waals surface area (Å²) in [6.07, 6.45) is 9.80. The summed E-state index contributed by atoms with van der Waals surface area (Å²) in [5.74, 6) is 0. The van der Waals surface area contributed by atoms with Crippen LogP contribution in [0.15, 0.2) is 0 Å². The predicted octanol–water partition coefficient (Wildman–Crippen LogP) is 4.37. The van der Waals surface area contributed by atoms with Crippen molar-refractivity contribution in [2.45, 2.75) is 78.7 Å². The Hall–Kier alpha value is -0.0400. The van der Waals surface area contributed by atoms with E-state index in [9.17, 15) is 0 Å². The number of rotatable bonds is 5. The van der Waals surface area contributed by atoms with Crippen LogP contribution in [-0.4, -0.2) is 13.1 Å². The largest absolute Gasteiger partial charge is 0.316 e. The average Bonchev–Trinajstić information content (AvgIpc) is 2.67. The Morgan fingerprint density at radius 3 is 2.12 bits per heavy atom. The molecule has 0 aliphatic heterocycles. The maximum Gasteiger partial charge on any atom is 0.0121 e. The second-order valence-electron chi connectivity index (χ2n) is 6.86. The van der Waals surface area contributed by atoms with Crippen LogP contribution in [-0.2, 0) is 0 Å². The van der Waals surface area contributed by atoms with Crippen LogP contribution in [0.4, 0.5) is 0 Å². The molecule has 1 fully saturated rings. The summed E-state index contributed by atoms with van der Waals surface area (Å²) in [6, 6.07) is 0.735. The van der Waals surface area contributed by atoms with Crippen LogP contribution >= 0.6 is 0 Å². The molecule has 1 aliphatic carbocycles.